The molecule has 0 aliphatic heterocycles. The van der Waals surface area contributed by atoms with E-state index in [0.29, 0.717) is 0 Å². The molecule has 0 spiro atoms. The molecule has 0 heterocycles. The topological polar surface area (TPSA) is 0 Å². The standard InChI is InChI=1S/C3H3BrI2S/c4-3(6)2(5)1-7/h7H,1H2. The smallest absolute Gasteiger partial charge is 0.0660 e. The Bertz CT molecular complexity index is 86.9. The van der Waals surface area contributed by atoms with Crippen LogP contribution in [-0.4, -0.2) is 5.75 Å². The predicted molar refractivity (Wildman–Crippen MR) is 57.8 cm³/mol. The van der Waals surface area contributed by atoms with Crippen molar-refractivity contribution in [3.63, 3.8) is 0 Å². The fraction of sp³-hybridized carbons (Fsp3) is 0.333. The molecule has 0 aromatic carbocycles. The fourth-order valence-electron chi connectivity index (χ4n) is 0.0598. The molecule has 7 heavy (non-hydrogen) atoms. The second-order valence-electron chi connectivity index (χ2n) is 0.823. The van der Waals surface area contributed by atoms with Crippen molar-refractivity contribution in [1.82, 2.24) is 0 Å². The Morgan fingerprint density at radius 2 is 2.00 bits per heavy atom. The summed E-state index contributed by atoms with van der Waals surface area (Å²) in [5, 5.41) is 0. The summed E-state index contributed by atoms with van der Waals surface area (Å²) in [5.41, 5.74) is 0. The first kappa shape index (κ1) is 9.03. The van der Waals surface area contributed by atoms with E-state index in [0.717, 1.165) is 8.24 Å². The van der Waals surface area contributed by atoms with Gasteiger partial charge >= 0.3 is 0 Å². The Morgan fingerprint density at radius 3 is 2.00 bits per heavy atom. The molecule has 0 N–H and O–H groups in total. The quantitative estimate of drug-likeness (QED) is 0.503. The second-order valence-corrected chi connectivity index (χ2v) is 5.80. The Kier molecular flexibility index (Phi) is 6.28. The highest BCUT2D eigenvalue weighted by Gasteiger charge is 1.89. The highest BCUT2D eigenvalue weighted by Crippen LogP contribution is 2.24. The molecule has 4 heteroatoms. The van der Waals surface area contributed by atoms with E-state index < -0.39 is 0 Å². The van der Waals surface area contributed by atoms with Crippen LogP contribution in [0.5, 0.6) is 0 Å². The second kappa shape index (κ2) is 4.87. The Labute approximate surface area is 84.3 Å². The summed E-state index contributed by atoms with van der Waals surface area (Å²) < 4.78 is 2.40. The van der Waals surface area contributed by atoms with Gasteiger partial charge in [0.1, 0.15) is 0 Å². The summed E-state index contributed by atoms with van der Waals surface area (Å²) in [6.07, 6.45) is 0. The van der Waals surface area contributed by atoms with Crippen molar-refractivity contribution in [1.29, 1.82) is 0 Å². The maximum atomic E-state index is 4.05. The molecule has 0 nitrogen and oxygen atoms in total. The van der Waals surface area contributed by atoms with E-state index >= 15 is 0 Å². The van der Waals surface area contributed by atoms with E-state index in [1.807, 2.05) is 0 Å². The number of rotatable bonds is 1. The average Bonchev–Trinajstić information content (AvgIpc) is 1.65. The Morgan fingerprint density at radius 1 is 1.57 bits per heavy atom. The third-order valence-electron chi connectivity index (χ3n) is 0.344. The summed E-state index contributed by atoms with van der Waals surface area (Å²) in [7, 11) is 0. The van der Waals surface area contributed by atoms with Gasteiger partial charge in [0, 0.05) is 9.33 Å². The van der Waals surface area contributed by atoms with Crippen LogP contribution in [0.3, 0.4) is 0 Å². The highest BCUT2D eigenvalue weighted by atomic mass is 127. The van der Waals surface area contributed by atoms with Gasteiger partial charge in [-0.1, -0.05) is 0 Å². The first-order valence-electron chi connectivity index (χ1n) is 1.49. The molecule has 0 rings (SSSR count). The molecule has 0 saturated carbocycles. The van der Waals surface area contributed by atoms with Gasteiger partial charge in [-0.3, -0.25) is 0 Å². The van der Waals surface area contributed by atoms with Crippen molar-refractivity contribution in [3.05, 3.63) is 6.07 Å². The average molecular weight is 405 g/mol. The van der Waals surface area contributed by atoms with Gasteiger partial charge in [0.05, 0.1) is 2.49 Å². The molecule has 42 valence electrons. The normalized spacial score (nSPS) is 13.7. The zero-order valence-corrected chi connectivity index (χ0v) is 10.1. The fourth-order valence-corrected chi connectivity index (χ4v) is 1.07. The zero-order valence-electron chi connectivity index (χ0n) is 3.29. The lowest BCUT2D eigenvalue weighted by Gasteiger charge is -1.87. The van der Waals surface area contributed by atoms with Crippen LogP contribution in [0.25, 0.3) is 0 Å². The van der Waals surface area contributed by atoms with Gasteiger partial charge in [0.25, 0.3) is 0 Å². The van der Waals surface area contributed by atoms with Crippen LogP contribution in [0.1, 0.15) is 0 Å². The van der Waals surface area contributed by atoms with Crippen molar-refractivity contribution >= 4 is 73.7 Å². The van der Waals surface area contributed by atoms with Crippen LogP contribution in [0.15, 0.2) is 6.07 Å². The van der Waals surface area contributed by atoms with Gasteiger partial charge in [-0.15, -0.1) is 0 Å². The highest BCUT2D eigenvalue weighted by molar-refractivity contribution is 14.1. The monoisotopic (exact) mass is 404 g/mol. The van der Waals surface area contributed by atoms with Crippen LogP contribution in [0, 0.1) is 0 Å². The first-order chi connectivity index (χ1) is 3.18. The predicted octanol–water partition coefficient (Wildman–Crippen LogP) is 3.35. The molecular formula is C3H3BrI2S. The lowest BCUT2D eigenvalue weighted by Crippen LogP contribution is -1.67. The van der Waals surface area contributed by atoms with Gasteiger partial charge in [-0.2, -0.15) is 12.6 Å². The zero-order chi connectivity index (χ0) is 5.86. The van der Waals surface area contributed by atoms with Gasteiger partial charge in [0.2, 0.25) is 0 Å². The molecular weight excluding hydrogens is 402 g/mol. The lowest BCUT2D eigenvalue weighted by atomic mass is 10.8. The van der Waals surface area contributed by atoms with Gasteiger partial charge in [0.15, 0.2) is 0 Å². The molecule has 0 radical (unpaired) electrons. The molecule has 0 unspecified atom stereocenters. The summed E-state index contributed by atoms with van der Waals surface area (Å²) in [6, 6.07) is 0. The van der Waals surface area contributed by atoms with E-state index in [9.17, 15) is 0 Å². The van der Waals surface area contributed by atoms with Gasteiger partial charge < -0.3 is 0 Å². The SMILES string of the molecule is SCC(I)=C(Br)I. The van der Waals surface area contributed by atoms with E-state index in [4.69, 9.17) is 0 Å². The van der Waals surface area contributed by atoms with E-state index in [1.165, 1.54) is 3.58 Å². The maximum Gasteiger partial charge on any atom is 0.0660 e. The summed E-state index contributed by atoms with van der Waals surface area (Å²) >= 11 is 11.8. The number of halogens is 3. The van der Waals surface area contributed by atoms with Crippen molar-refractivity contribution in [2.75, 3.05) is 5.75 Å². The molecule has 0 atom stereocenters. The Hall–Kier alpha value is 2.03. The third kappa shape index (κ3) is 4.53. The number of hydrogen-bond donors (Lipinski definition) is 1. The van der Waals surface area contributed by atoms with Crippen molar-refractivity contribution in [2.24, 2.45) is 0 Å². The molecule has 0 fully saturated rings. The van der Waals surface area contributed by atoms with Crippen LogP contribution >= 0.6 is 73.7 Å². The summed E-state index contributed by atoms with van der Waals surface area (Å²) in [4.78, 5) is 0. The molecule has 0 amide bonds. The minimum atomic E-state index is 0.823. The van der Waals surface area contributed by atoms with Crippen molar-refractivity contribution in [3.8, 4) is 0 Å². The van der Waals surface area contributed by atoms with Crippen molar-refractivity contribution in [2.45, 2.75) is 0 Å². The van der Waals surface area contributed by atoms with Crippen LogP contribution in [0.2, 0.25) is 0 Å². The largest absolute Gasteiger partial charge is 0.174 e. The lowest BCUT2D eigenvalue weighted by molar-refractivity contribution is 1.81. The van der Waals surface area contributed by atoms with Gasteiger partial charge in [-0.25, -0.2) is 0 Å². The number of thiol groups is 1. The molecule has 0 bridgehead atoms. The summed E-state index contributed by atoms with van der Waals surface area (Å²) in [5.74, 6) is 0.823. The van der Waals surface area contributed by atoms with Crippen LogP contribution in [-0.2, 0) is 0 Å². The molecule has 0 aromatic heterocycles. The van der Waals surface area contributed by atoms with E-state index in [-0.39, 0.29) is 0 Å². The number of hydrogen-bond acceptors (Lipinski definition) is 1. The minimum Gasteiger partial charge on any atom is -0.174 e. The molecule has 0 aliphatic carbocycles. The van der Waals surface area contributed by atoms with Crippen LogP contribution < -0.4 is 0 Å². The maximum absolute atomic E-state index is 4.05. The van der Waals surface area contributed by atoms with Crippen LogP contribution in [0.4, 0.5) is 0 Å². The third-order valence-corrected chi connectivity index (χ3v) is 5.09. The van der Waals surface area contributed by atoms with Gasteiger partial charge in [-0.05, 0) is 61.1 Å². The van der Waals surface area contributed by atoms with Crippen molar-refractivity contribution < 1.29 is 0 Å². The first-order valence-corrected chi connectivity index (χ1v) is 5.07. The molecule has 0 aliphatic rings. The molecule has 0 saturated heterocycles. The molecule has 0 aromatic rings. The summed E-state index contributed by atoms with van der Waals surface area (Å²) in [6.45, 7) is 0. The van der Waals surface area contributed by atoms with E-state index in [1.54, 1.807) is 0 Å². The van der Waals surface area contributed by atoms with E-state index in [2.05, 4.69) is 73.7 Å². The minimum absolute atomic E-state index is 0.823. The Balaban J connectivity index is 3.72.